The third kappa shape index (κ3) is 4.52. The van der Waals surface area contributed by atoms with E-state index >= 15 is 0 Å². The molecule has 0 heterocycles. The topological polar surface area (TPSA) is 21.3 Å². The Morgan fingerprint density at radius 3 is 2.33 bits per heavy atom. The molecule has 6 heteroatoms. The predicted molar refractivity (Wildman–Crippen MR) is 84.2 cm³/mol. The van der Waals surface area contributed by atoms with Crippen molar-refractivity contribution in [3.63, 3.8) is 0 Å². The molecule has 0 aliphatic heterocycles. The second-order valence-corrected chi connectivity index (χ2v) is 5.60. The van der Waals surface area contributed by atoms with Gasteiger partial charge in [0.05, 0.1) is 0 Å². The van der Waals surface area contributed by atoms with E-state index in [0.717, 1.165) is 14.8 Å². The molecule has 21 heavy (non-hydrogen) atoms. The second kappa shape index (κ2) is 7.02. The second-order valence-electron chi connectivity index (χ2n) is 4.44. The molecule has 0 fully saturated rings. The summed E-state index contributed by atoms with van der Waals surface area (Å²) >= 11 is 2.05. The lowest BCUT2D eigenvalue weighted by molar-refractivity contribution is -0.0498. The lowest BCUT2D eigenvalue weighted by Crippen LogP contribution is -2.08. The quantitative estimate of drug-likeness (QED) is 0.688. The Labute approximate surface area is 134 Å². The molecule has 0 amide bonds. The van der Waals surface area contributed by atoms with Crippen LogP contribution >= 0.6 is 22.6 Å². The molecule has 112 valence electrons. The molecular formula is C15H13F3INO. The number of nitrogens with one attached hydrogen (secondary N) is 1. The van der Waals surface area contributed by atoms with E-state index in [4.69, 9.17) is 0 Å². The van der Waals surface area contributed by atoms with Gasteiger partial charge in [-0.2, -0.15) is 8.78 Å². The number of hydrogen-bond donors (Lipinski definition) is 1. The van der Waals surface area contributed by atoms with Gasteiger partial charge in [-0.3, -0.25) is 0 Å². The summed E-state index contributed by atoms with van der Waals surface area (Å²) in [4.78, 5) is 0. The van der Waals surface area contributed by atoms with Gasteiger partial charge < -0.3 is 10.1 Å². The molecule has 0 saturated carbocycles. The van der Waals surface area contributed by atoms with Crippen LogP contribution in [0.2, 0.25) is 0 Å². The van der Waals surface area contributed by atoms with Crippen molar-refractivity contribution >= 4 is 28.3 Å². The molecule has 2 aromatic rings. The van der Waals surface area contributed by atoms with Gasteiger partial charge in [-0.15, -0.1) is 0 Å². The van der Waals surface area contributed by atoms with Gasteiger partial charge in [0.25, 0.3) is 0 Å². The zero-order valence-corrected chi connectivity index (χ0v) is 13.3. The minimum atomic E-state index is -2.83. The van der Waals surface area contributed by atoms with Crippen LogP contribution in [0, 0.1) is 9.39 Å². The first-order chi connectivity index (χ1) is 9.95. The van der Waals surface area contributed by atoms with Crippen molar-refractivity contribution in [2.75, 3.05) is 5.32 Å². The number of alkyl halides is 2. The van der Waals surface area contributed by atoms with Crippen LogP contribution in [0.5, 0.6) is 5.75 Å². The maximum atomic E-state index is 13.0. The highest BCUT2D eigenvalue weighted by molar-refractivity contribution is 14.1. The first kappa shape index (κ1) is 15.9. The molecule has 0 aliphatic rings. The van der Waals surface area contributed by atoms with Crippen LogP contribution < -0.4 is 10.1 Å². The number of hydrogen-bond acceptors (Lipinski definition) is 2. The number of rotatable bonds is 5. The number of halogens is 4. The molecule has 1 atom stereocenters. The van der Waals surface area contributed by atoms with E-state index in [1.165, 1.54) is 24.3 Å². The lowest BCUT2D eigenvalue weighted by atomic mass is 10.1. The summed E-state index contributed by atoms with van der Waals surface area (Å²) in [5.41, 5.74) is 1.73. The summed E-state index contributed by atoms with van der Waals surface area (Å²) in [5, 5.41) is 3.25. The van der Waals surface area contributed by atoms with Gasteiger partial charge in [-0.1, -0.05) is 12.1 Å². The molecule has 2 aromatic carbocycles. The molecule has 0 saturated heterocycles. The molecule has 2 rings (SSSR count). The standard InChI is InChI=1S/C15H13F3INO/c1-9(20-14-7-4-11(16)8-13(14)19)10-2-5-12(6-3-10)21-15(17)18/h2-9,15,20H,1H3. The van der Waals surface area contributed by atoms with Crippen molar-refractivity contribution in [1.29, 1.82) is 0 Å². The summed E-state index contributed by atoms with van der Waals surface area (Å²) in [5.74, 6) is -0.164. The minimum absolute atomic E-state index is 0.0513. The average molecular weight is 407 g/mol. The normalized spacial score (nSPS) is 12.3. The van der Waals surface area contributed by atoms with E-state index in [0.29, 0.717) is 0 Å². The van der Waals surface area contributed by atoms with Crippen molar-refractivity contribution in [3.8, 4) is 5.75 Å². The summed E-state index contributed by atoms with van der Waals surface area (Å²) in [6.45, 7) is -0.894. The van der Waals surface area contributed by atoms with Gasteiger partial charge in [-0.05, 0) is 65.4 Å². The molecule has 1 N–H and O–H groups in total. The maximum Gasteiger partial charge on any atom is 0.387 e. The molecule has 0 spiro atoms. The van der Waals surface area contributed by atoms with E-state index in [2.05, 4.69) is 32.6 Å². The molecule has 0 bridgehead atoms. The Bertz CT molecular complexity index is 604. The summed E-state index contributed by atoms with van der Waals surface area (Å²) in [6.07, 6.45) is 0. The fourth-order valence-corrected chi connectivity index (χ4v) is 2.49. The number of anilines is 1. The number of benzene rings is 2. The molecule has 0 aliphatic carbocycles. The smallest absolute Gasteiger partial charge is 0.387 e. The largest absolute Gasteiger partial charge is 0.435 e. The van der Waals surface area contributed by atoms with E-state index < -0.39 is 6.61 Å². The fourth-order valence-electron chi connectivity index (χ4n) is 1.86. The van der Waals surface area contributed by atoms with Crippen LogP contribution in [-0.2, 0) is 0 Å². The molecule has 0 radical (unpaired) electrons. The van der Waals surface area contributed by atoms with E-state index in [1.54, 1.807) is 18.2 Å². The fraction of sp³-hybridized carbons (Fsp3) is 0.200. The molecule has 0 aromatic heterocycles. The summed E-state index contributed by atoms with van der Waals surface area (Å²) in [7, 11) is 0. The lowest BCUT2D eigenvalue weighted by Gasteiger charge is -2.17. The van der Waals surface area contributed by atoms with E-state index in [1.807, 2.05) is 6.92 Å². The van der Waals surface area contributed by atoms with Crippen LogP contribution in [0.25, 0.3) is 0 Å². The molecular weight excluding hydrogens is 394 g/mol. The van der Waals surface area contributed by atoms with Crippen LogP contribution in [0.1, 0.15) is 18.5 Å². The van der Waals surface area contributed by atoms with Crippen molar-refractivity contribution in [2.24, 2.45) is 0 Å². The zero-order valence-electron chi connectivity index (χ0n) is 11.1. The van der Waals surface area contributed by atoms with Gasteiger partial charge >= 0.3 is 6.61 Å². The monoisotopic (exact) mass is 407 g/mol. The summed E-state index contributed by atoms with van der Waals surface area (Å²) < 4.78 is 42.3. The van der Waals surface area contributed by atoms with Crippen LogP contribution in [0.4, 0.5) is 18.9 Å². The summed E-state index contributed by atoms with van der Waals surface area (Å²) in [6, 6.07) is 10.9. The van der Waals surface area contributed by atoms with Crippen LogP contribution in [0.3, 0.4) is 0 Å². The van der Waals surface area contributed by atoms with Crippen LogP contribution in [-0.4, -0.2) is 6.61 Å². The Balaban J connectivity index is 2.07. The average Bonchev–Trinajstić information content (AvgIpc) is 2.42. The third-order valence-corrected chi connectivity index (χ3v) is 3.80. The SMILES string of the molecule is CC(Nc1ccc(F)cc1I)c1ccc(OC(F)F)cc1. The zero-order chi connectivity index (χ0) is 15.4. The van der Waals surface area contributed by atoms with Gasteiger partial charge in [0.15, 0.2) is 0 Å². The van der Waals surface area contributed by atoms with Crippen molar-refractivity contribution in [2.45, 2.75) is 19.6 Å². The van der Waals surface area contributed by atoms with Gasteiger partial charge in [0.1, 0.15) is 11.6 Å². The third-order valence-electron chi connectivity index (χ3n) is 2.91. The van der Waals surface area contributed by atoms with E-state index in [9.17, 15) is 13.2 Å². The van der Waals surface area contributed by atoms with Crippen LogP contribution in [0.15, 0.2) is 42.5 Å². The Morgan fingerprint density at radius 2 is 1.76 bits per heavy atom. The highest BCUT2D eigenvalue weighted by Crippen LogP contribution is 2.25. The van der Waals surface area contributed by atoms with E-state index in [-0.39, 0.29) is 17.6 Å². The number of ether oxygens (including phenoxy) is 1. The van der Waals surface area contributed by atoms with Gasteiger partial charge in [0.2, 0.25) is 0 Å². The minimum Gasteiger partial charge on any atom is -0.435 e. The highest BCUT2D eigenvalue weighted by Gasteiger charge is 2.09. The first-order valence-corrected chi connectivity index (χ1v) is 7.30. The van der Waals surface area contributed by atoms with Gasteiger partial charge in [0, 0.05) is 15.3 Å². The highest BCUT2D eigenvalue weighted by atomic mass is 127. The first-order valence-electron chi connectivity index (χ1n) is 6.22. The predicted octanol–water partition coefficient (Wildman–Crippen LogP) is 5.20. The van der Waals surface area contributed by atoms with Gasteiger partial charge in [-0.25, -0.2) is 4.39 Å². The van der Waals surface area contributed by atoms with Crippen molar-refractivity contribution in [1.82, 2.24) is 0 Å². The van der Waals surface area contributed by atoms with Crippen molar-refractivity contribution < 1.29 is 17.9 Å². The molecule has 1 unspecified atom stereocenters. The maximum absolute atomic E-state index is 13.0. The van der Waals surface area contributed by atoms with Crippen molar-refractivity contribution in [3.05, 3.63) is 57.4 Å². The molecule has 2 nitrogen and oxygen atoms in total. The Morgan fingerprint density at radius 1 is 1.10 bits per heavy atom. The Kier molecular flexibility index (Phi) is 5.33. The Hall–Kier alpha value is -1.44.